The minimum absolute atomic E-state index is 0.0434. The number of piperazine rings is 1. The molecule has 1 aromatic carbocycles. The fourth-order valence-electron chi connectivity index (χ4n) is 4.07. The third-order valence-corrected chi connectivity index (χ3v) is 5.55. The third kappa shape index (κ3) is 5.32. The van der Waals surface area contributed by atoms with Crippen molar-refractivity contribution in [1.82, 2.24) is 14.7 Å². The van der Waals surface area contributed by atoms with E-state index in [0.717, 1.165) is 30.9 Å². The molecular weight excluding hydrogens is 356 g/mol. The van der Waals surface area contributed by atoms with Gasteiger partial charge in [0.05, 0.1) is 12.5 Å². The molecule has 0 spiro atoms. The molecule has 0 saturated carbocycles. The van der Waals surface area contributed by atoms with Crippen molar-refractivity contribution in [2.45, 2.75) is 39.2 Å². The summed E-state index contributed by atoms with van der Waals surface area (Å²) in [5.74, 6) is 0.0590. The maximum Gasteiger partial charge on any atom is 0.227 e. The standard InChI is InChI=1S/C21H30N4O3/c1-16(26)22-19-7-5-18(6-8-19)13-21(28)25-12-11-24(17(2)27)15-20(25)14-23-9-3-4-10-23/h5-8,20H,3-4,9-15H2,1-2H3,(H,22,26)/t20-/m1/s1. The zero-order valence-corrected chi connectivity index (χ0v) is 16.8. The van der Waals surface area contributed by atoms with E-state index in [4.69, 9.17) is 0 Å². The smallest absolute Gasteiger partial charge is 0.227 e. The molecule has 7 heteroatoms. The number of amides is 3. The van der Waals surface area contributed by atoms with Gasteiger partial charge in [0.2, 0.25) is 17.7 Å². The molecule has 2 saturated heterocycles. The molecule has 0 unspecified atom stereocenters. The summed E-state index contributed by atoms with van der Waals surface area (Å²) < 4.78 is 0. The zero-order valence-electron chi connectivity index (χ0n) is 16.8. The summed E-state index contributed by atoms with van der Waals surface area (Å²) in [6.45, 7) is 7.84. The fraction of sp³-hybridized carbons (Fsp3) is 0.571. The van der Waals surface area contributed by atoms with Crippen molar-refractivity contribution in [2.75, 3.05) is 44.6 Å². The van der Waals surface area contributed by atoms with Crippen molar-refractivity contribution < 1.29 is 14.4 Å². The first-order valence-corrected chi connectivity index (χ1v) is 10.1. The Kier molecular flexibility index (Phi) is 6.67. The average Bonchev–Trinajstić information content (AvgIpc) is 3.15. The number of likely N-dealkylation sites (tertiary alicyclic amines) is 1. The van der Waals surface area contributed by atoms with Gasteiger partial charge in [-0.3, -0.25) is 14.4 Å². The largest absolute Gasteiger partial charge is 0.339 e. The molecule has 152 valence electrons. The molecule has 3 amide bonds. The number of nitrogens with one attached hydrogen (secondary N) is 1. The Labute approximate surface area is 166 Å². The van der Waals surface area contributed by atoms with E-state index in [-0.39, 0.29) is 23.8 Å². The molecule has 2 fully saturated rings. The minimum Gasteiger partial charge on any atom is -0.339 e. The maximum absolute atomic E-state index is 13.0. The minimum atomic E-state index is -0.114. The Bertz CT molecular complexity index is 713. The topological polar surface area (TPSA) is 73.0 Å². The van der Waals surface area contributed by atoms with Gasteiger partial charge in [-0.05, 0) is 43.6 Å². The highest BCUT2D eigenvalue weighted by Gasteiger charge is 2.33. The van der Waals surface area contributed by atoms with E-state index < -0.39 is 0 Å². The Morgan fingerprint density at radius 2 is 1.68 bits per heavy atom. The molecule has 2 aliphatic heterocycles. The zero-order chi connectivity index (χ0) is 20.1. The first kappa shape index (κ1) is 20.3. The predicted molar refractivity (Wildman–Crippen MR) is 108 cm³/mol. The number of carbonyl (C=O) groups is 3. The van der Waals surface area contributed by atoms with E-state index in [2.05, 4.69) is 10.2 Å². The molecule has 0 radical (unpaired) electrons. The summed E-state index contributed by atoms with van der Waals surface area (Å²) in [4.78, 5) is 42.2. The summed E-state index contributed by atoms with van der Waals surface area (Å²) in [6.07, 6.45) is 2.74. The van der Waals surface area contributed by atoms with E-state index in [9.17, 15) is 14.4 Å². The SMILES string of the molecule is CC(=O)Nc1ccc(CC(=O)N2CCN(C(C)=O)C[C@H]2CN2CCCC2)cc1. The second kappa shape index (κ2) is 9.19. The molecule has 7 nitrogen and oxygen atoms in total. The third-order valence-electron chi connectivity index (χ3n) is 5.55. The Hall–Kier alpha value is -2.41. The van der Waals surface area contributed by atoms with Crippen LogP contribution in [0.2, 0.25) is 0 Å². The van der Waals surface area contributed by atoms with Gasteiger partial charge in [0, 0.05) is 45.7 Å². The van der Waals surface area contributed by atoms with Crippen molar-refractivity contribution in [1.29, 1.82) is 0 Å². The van der Waals surface area contributed by atoms with Gasteiger partial charge in [-0.2, -0.15) is 0 Å². The summed E-state index contributed by atoms with van der Waals surface area (Å²) in [6, 6.07) is 7.44. The molecule has 2 aliphatic rings. The van der Waals surface area contributed by atoms with Crippen LogP contribution in [0.25, 0.3) is 0 Å². The Morgan fingerprint density at radius 1 is 1.00 bits per heavy atom. The Morgan fingerprint density at radius 3 is 2.29 bits per heavy atom. The Balaban J connectivity index is 1.65. The molecule has 0 aromatic heterocycles. The molecular formula is C21H30N4O3. The second-order valence-electron chi connectivity index (χ2n) is 7.77. The predicted octanol–water partition coefficient (Wildman–Crippen LogP) is 1.34. The molecule has 0 bridgehead atoms. The van der Waals surface area contributed by atoms with E-state index in [0.29, 0.717) is 26.1 Å². The molecule has 2 heterocycles. The monoisotopic (exact) mass is 386 g/mol. The average molecular weight is 386 g/mol. The number of hydrogen-bond acceptors (Lipinski definition) is 4. The van der Waals surface area contributed by atoms with E-state index in [1.165, 1.54) is 19.8 Å². The van der Waals surface area contributed by atoms with Crippen LogP contribution in [0.4, 0.5) is 5.69 Å². The molecule has 3 rings (SSSR count). The van der Waals surface area contributed by atoms with Gasteiger partial charge < -0.3 is 20.0 Å². The van der Waals surface area contributed by atoms with Gasteiger partial charge in [-0.1, -0.05) is 12.1 Å². The number of rotatable bonds is 5. The van der Waals surface area contributed by atoms with Gasteiger partial charge in [0.15, 0.2) is 0 Å². The lowest BCUT2D eigenvalue weighted by Crippen LogP contribution is -2.59. The van der Waals surface area contributed by atoms with Crippen LogP contribution in [0.1, 0.15) is 32.3 Å². The number of nitrogens with zero attached hydrogens (tertiary/aromatic N) is 3. The van der Waals surface area contributed by atoms with E-state index in [1.54, 1.807) is 6.92 Å². The van der Waals surface area contributed by atoms with Gasteiger partial charge >= 0.3 is 0 Å². The normalized spacial score (nSPS) is 20.3. The second-order valence-corrected chi connectivity index (χ2v) is 7.77. The highest BCUT2D eigenvalue weighted by Crippen LogP contribution is 2.18. The van der Waals surface area contributed by atoms with Crippen LogP contribution < -0.4 is 5.32 Å². The van der Waals surface area contributed by atoms with Gasteiger partial charge in [-0.15, -0.1) is 0 Å². The van der Waals surface area contributed by atoms with Crippen LogP contribution in [0.5, 0.6) is 0 Å². The molecule has 0 aliphatic carbocycles. The number of benzene rings is 1. The molecule has 1 N–H and O–H groups in total. The van der Waals surface area contributed by atoms with Crippen molar-refractivity contribution in [3.63, 3.8) is 0 Å². The lowest BCUT2D eigenvalue weighted by Gasteiger charge is -2.42. The van der Waals surface area contributed by atoms with Gasteiger partial charge in [-0.25, -0.2) is 0 Å². The van der Waals surface area contributed by atoms with Crippen molar-refractivity contribution >= 4 is 23.4 Å². The van der Waals surface area contributed by atoms with Crippen LogP contribution >= 0.6 is 0 Å². The summed E-state index contributed by atoms with van der Waals surface area (Å²) in [5.41, 5.74) is 1.65. The van der Waals surface area contributed by atoms with Crippen LogP contribution in [0, 0.1) is 0 Å². The van der Waals surface area contributed by atoms with E-state index >= 15 is 0 Å². The fourth-order valence-corrected chi connectivity index (χ4v) is 4.07. The molecule has 1 aromatic rings. The first-order valence-electron chi connectivity index (χ1n) is 10.1. The van der Waals surface area contributed by atoms with Crippen molar-refractivity contribution in [3.8, 4) is 0 Å². The van der Waals surface area contributed by atoms with Gasteiger partial charge in [0.25, 0.3) is 0 Å². The maximum atomic E-state index is 13.0. The first-order chi connectivity index (χ1) is 13.4. The quantitative estimate of drug-likeness (QED) is 0.829. The van der Waals surface area contributed by atoms with Crippen molar-refractivity contribution in [2.24, 2.45) is 0 Å². The summed E-state index contributed by atoms with van der Waals surface area (Å²) >= 11 is 0. The van der Waals surface area contributed by atoms with Crippen LogP contribution in [0.15, 0.2) is 24.3 Å². The van der Waals surface area contributed by atoms with Crippen molar-refractivity contribution in [3.05, 3.63) is 29.8 Å². The summed E-state index contributed by atoms with van der Waals surface area (Å²) in [5, 5.41) is 2.73. The van der Waals surface area contributed by atoms with E-state index in [1.807, 2.05) is 34.1 Å². The number of anilines is 1. The summed E-state index contributed by atoms with van der Waals surface area (Å²) in [7, 11) is 0. The van der Waals surface area contributed by atoms with Crippen LogP contribution in [-0.4, -0.2) is 77.7 Å². The molecule has 1 atom stereocenters. The number of carbonyl (C=O) groups excluding carboxylic acids is 3. The van der Waals surface area contributed by atoms with Crippen LogP contribution in [-0.2, 0) is 20.8 Å². The highest BCUT2D eigenvalue weighted by atomic mass is 16.2. The van der Waals surface area contributed by atoms with Crippen LogP contribution in [0.3, 0.4) is 0 Å². The lowest BCUT2D eigenvalue weighted by molar-refractivity contribution is -0.142. The van der Waals surface area contributed by atoms with Gasteiger partial charge in [0.1, 0.15) is 0 Å². The molecule has 28 heavy (non-hydrogen) atoms. The lowest BCUT2D eigenvalue weighted by atomic mass is 10.1. The highest BCUT2D eigenvalue weighted by molar-refractivity contribution is 5.88. The number of hydrogen-bond donors (Lipinski definition) is 1.